The fraction of sp³-hybridized carbons (Fsp3) is 0.500. The van der Waals surface area contributed by atoms with Crippen molar-refractivity contribution in [3.8, 4) is 0 Å². The second-order valence-corrected chi connectivity index (χ2v) is 5.25. The van der Waals surface area contributed by atoms with Crippen LogP contribution in [0.5, 0.6) is 0 Å². The number of nitrogens with zero attached hydrogens (tertiary/aromatic N) is 2. The number of imidazole rings is 1. The highest BCUT2D eigenvalue weighted by molar-refractivity contribution is 5.69. The van der Waals surface area contributed by atoms with E-state index in [1.54, 1.807) is 0 Å². The molecule has 1 saturated carbocycles. The third-order valence-corrected chi connectivity index (χ3v) is 3.35. The molecule has 90 valence electrons. The van der Waals surface area contributed by atoms with Gasteiger partial charge in [0.15, 0.2) is 5.82 Å². The van der Waals surface area contributed by atoms with Crippen molar-refractivity contribution in [2.24, 2.45) is 5.92 Å². The van der Waals surface area contributed by atoms with Crippen LogP contribution >= 0.6 is 0 Å². The minimum absolute atomic E-state index is 0.446. The van der Waals surface area contributed by atoms with E-state index in [1.165, 1.54) is 18.4 Å². The number of hydrogen-bond acceptors (Lipinski definition) is 2. The standard InChI is InChI=1S/C14H19N3/c1-10(2)14-16-13(15-9-11-6-7-11)12-5-3-4-8-17(12)14/h3-5,8,10-11,15H,6-7,9H2,1-2H3. The van der Waals surface area contributed by atoms with E-state index in [0.717, 1.165) is 24.1 Å². The largest absolute Gasteiger partial charge is 0.368 e. The third kappa shape index (κ3) is 2.02. The van der Waals surface area contributed by atoms with Crippen LogP contribution in [0.2, 0.25) is 0 Å². The Hall–Kier alpha value is -1.51. The van der Waals surface area contributed by atoms with Gasteiger partial charge in [-0.15, -0.1) is 0 Å². The van der Waals surface area contributed by atoms with Crippen molar-refractivity contribution < 1.29 is 0 Å². The molecule has 2 heterocycles. The molecule has 0 radical (unpaired) electrons. The molecule has 2 aromatic heterocycles. The lowest BCUT2D eigenvalue weighted by atomic mass is 10.2. The number of pyridine rings is 1. The molecule has 1 aliphatic rings. The maximum absolute atomic E-state index is 4.74. The van der Waals surface area contributed by atoms with Gasteiger partial charge >= 0.3 is 0 Å². The fourth-order valence-electron chi connectivity index (χ4n) is 2.16. The van der Waals surface area contributed by atoms with Gasteiger partial charge in [-0.1, -0.05) is 19.9 Å². The molecule has 0 bridgehead atoms. The van der Waals surface area contributed by atoms with Crippen LogP contribution in [0.1, 0.15) is 38.4 Å². The molecular formula is C14H19N3. The summed E-state index contributed by atoms with van der Waals surface area (Å²) >= 11 is 0. The van der Waals surface area contributed by atoms with Gasteiger partial charge in [0, 0.05) is 18.7 Å². The zero-order valence-electron chi connectivity index (χ0n) is 10.5. The fourth-order valence-corrected chi connectivity index (χ4v) is 2.16. The van der Waals surface area contributed by atoms with Crippen LogP contribution in [0, 0.1) is 5.92 Å². The molecule has 17 heavy (non-hydrogen) atoms. The Kier molecular flexibility index (Phi) is 2.54. The molecule has 3 heteroatoms. The molecule has 3 nitrogen and oxygen atoms in total. The van der Waals surface area contributed by atoms with Gasteiger partial charge < -0.3 is 9.72 Å². The van der Waals surface area contributed by atoms with E-state index < -0.39 is 0 Å². The summed E-state index contributed by atoms with van der Waals surface area (Å²) in [4.78, 5) is 4.74. The first-order valence-corrected chi connectivity index (χ1v) is 6.46. The van der Waals surface area contributed by atoms with E-state index in [2.05, 4.69) is 48.0 Å². The molecule has 1 aliphatic carbocycles. The van der Waals surface area contributed by atoms with Crippen LogP contribution in [0.25, 0.3) is 5.52 Å². The number of anilines is 1. The quantitative estimate of drug-likeness (QED) is 0.871. The maximum Gasteiger partial charge on any atom is 0.152 e. The van der Waals surface area contributed by atoms with Gasteiger partial charge in [0.1, 0.15) is 5.82 Å². The molecule has 0 atom stereocenters. The summed E-state index contributed by atoms with van der Waals surface area (Å²) in [6, 6.07) is 6.27. The van der Waals surface area contributed by atoms with Crippen molar-refractivity contribution in [1.29, 1.82) is 0 Å². The minimum atomic E-state index is 0.446. The van der Waals surface area contributed by atoms with Crippen LogP contribution in [0.4, 0.5) is 5.82 Å². The van der Waals surface area contributed by atoms with Gasteiger partial charge in [-0.05, 0) is 30.9 Å². The van der Waals surface area contributed by atoms with Crippen LogP contribution in [0.15, 0.2) is 24.4 Å². The van der Waals surface area contributed by atoms with Gasteiger partial charge in [0.25, 0.3) is 0 Å². The van der Waals surface area contributed by atoms with Crippen molar-refractivity contribution in [3.05, 3.63) is 30.2 Å². The molecule has 1 N–H and O–H groups in total. The Bertz CT molecular complexity index is 523. The van der Waals surface area contributed by atoms with Crippen LogP contribution in [0.3, 0.4) is 0 Å². The van der Waals surface area contributed by atoms with Crippen molar-refractivity contribution >= 4 is 11.3 Å². The van der Waals surface area contributed by atoms with E-state index >= 15 is 0 Å². The summed E-state index contributed by atoms with van der Waals surface area (Å²) in [6.45, 7) is 5.44. The predicted octanol–water partition coefficient (Wildman–Crippen LogP) is 3.28. The van der Waals surface area contributed by atoms with Crippen molar-refractivity contribution in [3.63, 3.8) is 0 Å². The monoisotopic (exact) mass is 229 g/mol. The summed E-state index contributed by atoms with van der Waals surface area (Å²) in [6.07, 6.45) is 4.84. The topological polar surface area (TPSA) is 29.3 Å². The second-order valence-electron chi connectivity index (χ2n) is 5.25. The van der Waals surface area contributed by atoms with E-state index in [-0.39, 0.29) is 0 Å². The highest BCUT2D eigenvalue weighted by Crippen LogP contribution is 2.30. The Labute approximate surface area is 102 Å². The molecular weight excluding hydrogens is 210 g/mol. The molecule has 0 aromatic carbocycles. The Morgan fingerprint density at radius 3 is 2.94 bits per heavy atom. The highest BCUT2D eigenvalue weighted by atomic mass is 15.1. The van der Waals surface area contributed by atoms with Gasteiger partial charge in [-0.3, -0.25) is 0 Å². The Morgan fingerprint density at radius 2 is 2.24 bits per heavy atom. The van der Waals surface area contributed by atoms with Crippen molar-refractivity contribution in [1.82, 2.24) is 9.38 Å². The average molecular weight is 229 g/mol. The number of rotatable bonds is 4. The molecule has 0 spiro atoms. The van der Waals surface area contributed by atoms with Crippen LogP contribution in [-0.4, -0.2) is 15.9 Å². The average Bonchev–Trinajstić information content (AvgIpc) is 3.07. The first-order chi connectivity index (χ1) is 8.25. The lowest BCUT2D eigenvalue weighted by Gasteiger charge is -2.02. The summed E-state index contributed by atoms with van der Waals surface area (Å²) in [7, 11) is 0. The summed E-state index contributed by atoms with van der Waals surface area (Å²) in [5.74, 6) is 3.50. The number of nitrogens with one attached hydrogen (secondary N) is 1. The van der Waals surface area contributed by atoms with E-state index in [9.17, 15) is 0 Å². The van der Waals surface area contributed by atoms with Gasteiger partial charge in [0.05, 0.1) is 5.52 Å². The first kappa shape index (κ1) is 10.6. The van der Waals surface area contributed by atoms with E-state index in [0.29, 0.717) is 5.92 Å². The first-order valence-electron chi connectivity index (χ1n) is 6.46. The molecule has 2 aromatic rings. The molecule has 3 rings (SSSR count). The molecule has 1 fully saturated rings. The third-order valence-electron chi connectivity index (χ3n) is 3.35. The summed E-state index contributed by atoms with van der Waals surface area (Å²) < 4.78 is 2.19. The maximum atomic E-state index is 4.74. The van der Waals surface area contributed by atoms with Crippen LogP contribution in [-0.2, 0) is 0 Å². The van der Waals surface area contributed by atoms with E-state index in [1.807, 2.05) is 0 Å². The predicted molar refractivity (Wildman–Crippen MR) is 70.5 cm³/mol. The van der Waals surface area contributed by atoms with Gasteiger partial charge in [0.2, 0.25) is 0 Å². The van der Waals surface area contributed by atoms with Crippen molar-refractivity contribution in [2.75, 3.05) is 11.9 Å². The lowest BCUT2D eigenvalue weighted by Crippen LogP contribution is -2.03. The molecule has 0 amide bonds. The lowest BCUT2D eigenvalue weighted by molar-refractivity contribution is 0.769. The molecule has 0 unspecified atom stereocenters. The normalized spacial score (nSPS) is 15.7. The summed E-state index contributed by atoms with van der Waals surface area (Å²) in [5, 5.41) is 3.49. The van der Waals surface area contributed by atoms with Gasteiger partial charge in [-0.25, -0.2) is 4.98 Å². The highest BCUT2D eigenvalue weighted by Gasteiger charge is 2.22. The minimum Gasteiger partial charge on any atom is -0.368 e. The van der Waals surface area contributed by atoms with Gasteiger partial charge in [-0.2, -0.15) is 0 Å². The number of fused-ring (bicyclic) bond motifs is 1. The second kappa shape index (κ2) is 4.06. The molecule has 0 aliphatic heterocycles. The molecule has 0 saturated heterocycles. The smallest absolute Gasteiger partial charge is 0.152 e. The number of aromatic nitrogens is 2. The van der Waals surface area contributed by atoms with E-state index in [4.69, 9.17) is 4.98 Å². The van der Waals surface area contributed by atoms with Crippen LogP contribution < -0.4 is 5.32 Å². The zero-order valence-corrected chi connectivity index (χ0v) is 10.5. The SMILES string of the molecule is CC(C)c1nc(NCC2CC2)c2ccccn12. The van der Waals surface area contributed by atoms with Crippen molar-refractivity contribution in [2.45, 2.75) is 32.6 Å². The number of hydrogen-bond donors (Lipinski definition) is 1. The zero-order chi connectivity index (χ0) is 11.8. The Morgan fingerprint density at radius 1 is 1.41 bits per heavy atom. The summed E-state index contributed by atoms with van der Waals surface area (Å²) in [5.41, 5.74) is 1.19. The Balaban J connectivity index is 1.98.